The lowest BCUT2D eigenvalue weighted by Gasteiger charge is -2.18. The van der Waals surface area contributed by atoms with Gasteiger partial charge in [-0.3, -0.25) is 14.4 Å². The first kappa shape index (κ1) is 61.5. The molecule has 66 heavy (non-hydrogen) atoms. The molecule has 0 amide bonds. The van der Waals surface area contributed by atoms with Crippen LogP contribution in [0.25, 0.3) is 0 Å². The Labute approximate surface area is 405 Å². The van der Waals surface area contributed by atoms with Crippen LogP contribution in [-0.4, -0.2) is 37.2 Å². The number of carbonyl (C=O) groups excluding carboxylic acids is 3. The molecular formula is C60H94O6. The Morgan fingerprint density at radius 1 is 0.318 bits per heavy atom. The van der Waals surface area contributed by atoms with Crippen molar-refractivity contribution in [3.8, 4) is 0 Å². The van der Waals surface area contributed by atoms with E-state index in [0.29, 0.717) is 19.3 Å². The number of hydrogen-bond acceptors (Lipinski definition) is 6. The zero-order valence-corrected chi connectivity index (χ0v) is 42.1. The highest BCUT2D eigenvalue weighted by Crippen LogP contribution is 2.11. The van der Waals surface area contributed by atoms with Crippen molar-refractivity contribution in [1.82, 2.24) is 0 Å². The van der Waals surface area contributed by atoms with Gasteiger partial charge in [0.25, 0.3) is 0 Å². The number of unbranched alkanes of at least 4 members (excludes halogenated alkanes) is 12. The molecule has 0 aliphatic heterocycles. The average molecular weight is 911 g/mol. The third-order valence-electron chi connectivity index (χ3n) is 10.4. The smallest absolute Gasteiger partial charge is 0.306 e. The fourth-order valence-electron chi connectivity index (χ4n) is 6.43. The predicted molar refractivity (Wildman–Crippen MR) is 283 cm³/mol. The van der Waals surface area contributed by atoms with Gasteiger partial charge in [0, 0.05) is 19.3 Å². The van der Waals surface area contributed by atoms with Crippen molar-refractivity contribution >= 4 is 17.9 Å². The minimum atomic E-state index is -0.840. The largest absolute Gasteiger partial charge is 0.462 e. The fraction of sp³-hybridized carbons (Fsp3) is 0.583. The summed E-state index contributed by atoms with van der Waals surface area (Å²) < 4.78 is 16.7. The lowest BCUT2D eigenvalue weighted by Crippen LogP contribution is -2.30. The third-order valence-corrected chi connectivity index (χ3v) is 10.4. The van der Waals surface area contributed by atoms with Crippen LogP contribution < -0.4 is 0 Å². The highest BCUT2D eigenvalue weighted by atomic mass is 16.6. The molecule has 0 saturated carbocycles. The fourth-order valence-corrected chi connectivity index (χ4v) is 6.43. The van der Waals surface area contributed by atoms with E-state index in [-0.39, 0.29) is 44.0 Å². The summed E-state index contributed by atoms with van der Waals surface area (Å²) in [6.07, 6.45) is 74.4. The van der Waals surface area contributed by atoms with E-state index in [4.69, 9.17) is 14.2 Å². The molecule has 0 saturated heterocycles. The molecule has 0 aliphatic carbocycles. The lowest BCUT2D eigenvalue weighted by atomic mass is 10.1. The van der Waals surface area contributed by atoms with Crippen LogP contribution in [0.5, 0.6) is 0 Å². The molecule has 0 aromatic rings. The second kappa shape index (κ2) is 53.2. The van der Waals surface area contributed by atoms with Crippen LogP contribution >= 0.6 is 0 Å². The van der Waals surface area contributed by atoms with Crippen LogP contribution in [0.15, 0.2) is 134 Å². The SMILES string of the molecule is CC/C=C/C/C=C/C/C=C/C/C=C/C/C=C/CCCC(=O)OC[C@@H](COC(=O)CCCCCCC/C=C/C/C=C/CCCC)OC(=O)CCC/C=C/C/C=C/C/C=C/C/C=C/CCCCC. The van der Waals surface area contributed by atoms with E-state index in [0.717, 1.165) is 109 Å². The van der Waals surface area contributed by atoms with Gasteiger partial charge in [0.05, 0.1) is 0 Å². The van der Waals surface area contributed by atoms with Gasteiger partial charge in [-0.05, 0) is 122 Å². The van der Waals surface area contributed by atoms with E-state index >= 15 is 0 Å². The summed E-state index contributed by atoms with van der Waals surface area (Å²) in [7, 11) is 0. The van der Waals surface area contributed by atoms with Gasteiger partial charge < -0.3 is 14.2 Å². The molecule has 0 bridgehead atoms. The van der Waals surface area contributed by atoms with Crippen molar-refractivity contribution in [3.63, 3.8) is 0 Å². The Hall–Kier alpha value is -4.45. The van der Waals surface area contributed by atoms with Crippen molar-refractivity contribution in [1.29, 1.82) is 0 Å². The average Bonchev–Trinajstić information content (AvgIpc) is 3.31. The second-order valence-electron chi connectivity index (χ2n) is 16.7. The van der Waals surface area contributed by atoms with Gasteiger partial charge in [0.15, 0.2) is 6.10 Å². The summed E-state index contributed by atoms with van der Waals surface area (Å²) >= 11 is 0. The van der Waals surface area contributed by atoms with Crippen molar-refractivity contribution in [3.05, 3.63) is 134 Å². The minimum absolute atomic E-state index is 0.130. The first-order valence-electron chi connectivity index (χ1n) is 26.2. The first-order chi connectivity index (χ1) is 32.5. The number of carbonyl (C=O) groups is 3. The first-order valence-corrected chi connectivity index (χ1v) is 26.2. The normalized spacial score (nSPS) is 13.2. The highest BCUT2D eigenvalue weighted by Gasteiger charge is 2.19. The van der Waals surface area contributed by atoms with Crippen molar-refractivity contribution in [2.75, 3.05) is 13.2 Å². The summed E-state index contributed by atoms with van der Waals surface area (Å²) in [5, 5.41) is 0. The minimum Gasteiger partial charge on any atom is -0.462 e. The maximum Gasteiger partial charge on any atom is 0.306 e. The Balaban J connectivity index is 4.62. The molecule has 6 heteroatoms. The summed E-state index contributed by atoms with van der Waals surface area (Å²) in [5.41, 5.74) is 0. The van der Waals surface area contributed by atoms with Gasteiger partial charge in [-0.25, -0.2) is 0 Å². The van der Waals surface area contributed by atoms with Gasteiger partial charge in [0.1, 0.15) is 13.2 Å². The molecule has 0 heterocycles. The highest BCUT2D eigenvalue weighted by molar-refractivity contribution is 5.71. The van der Waals surface area contributed by atoms with Crippen LogP contribution in [0.2, 0.25) is 0 Å². The van der Waals surface area contributed by atoms with E-state index in [1.165, 1.54) is 44.9 Å². The van der Waals surface area contributed by atoms with Crippen LogP contribution in [0, 0.1) is 0 Å². The number of ether oxygens (including phenoxy) is 3. The molecule has 0 spiro atoms. The molecule has 0 aromatic carbocycles. The van der Waals surface area contributed by atoms with E-state index in [1.54, 1.807) is 0 Å². The number of hydrogen-bond donors (Lipinski definition) is 0. The Bertz CT molecular complexity index is 1460. The molecule has 0 fully saturated rings. The van der Waals surface area contributed by atoms with E-state index in [1.807, 2.05) is 0 Å². The molecule has 370 valence electrons. The Morgan fingerprint density at radius 3 is 1.03 bits per heavy atom. The standard InChI is InChI=1S/C60H94O6/c1-4-7-10-13-16-19-22-25-28-30-32-35-38-41-44-47-50-53-59(62)65-56-57(55-64-58(61)52-49-46-43-40-37-34-27-24-21-18-15-12-9-6-3)66-60(63)54-51-48-45-42-39-36-33-31-29-26-23-20-17-14-11-8-5-2/h7,10,15-20,24-29,32-33,35-36,41-42,44-45,57H,4-6,8-9,11-14,21-23,30-31,34,37-40,43,46-56H2,1-3H3/b10-7+,18-15+,19-16+,20-17+,27-24+,28-25+,29-26+,35-32+,36-33+,44-41+,45-42+/t57-/m1/s1. The molecule has 0 radical (unpaired) electrons. The van der Waals surface area contributed by atoms with Crippen LogP contribution in [0.4, 0.5) is 0 Å². The van der Waals surface area contributed by atoms with Gasteiger partial charge in [0.2, 0.25) is 0 Å². The topological polar surface area (TPSA) is 78.9 Å². The molecular weight excluding hydrogens is 817 g/mol. The second-order valence-corrected chi connectivity index (χ2v) is 16.7. The molecule has 0 rings (SSSR count). The maximum absolute atomic E-state index is 12.8. The molecule has 0 unspecified atom stereocenters. The molecule has 0 aliphatic rings. The molecule has 1 atom stereocenters. The maximum atomic E-state index is 12.8. The van der Waals surface area contributed by atoms with Gasteiger partial charge in [-0.1, -0.05) is 199 Å². The quantitative estimate of drug-likeness (QED) is 0.0262. The zero-order chi connectivity index (χ0) is 47.9. The van der Waals surface area contributed by atoms with Crippen molar-refractivity contribution < 1.29 is 28.6 Å². The van der Waals surface area contributed by atoms with Gasteiger partial charge >= 0.3 is 17.9 Å². The van der Waals surface area contributed by atoms with Gasteiger partial charge in [-0.15, -0.1) is 0 Å². The van der Waals surface area contributed by atoms with Crippen molar-refractivity contribution in [2.24, 2.45) is 0 Å². The lowest BCUT2D eigenvalue weighted by molar-refractivity contribution is -0.167. The van der Waals surface area contributed by atoms with Gasteiger partial charge in [-0.2, -0.15) is 0 Å². The van der Waals surface area contributed by atoms with E-state index < -0.39 is 6.10 Å². The van der Waals surface area contributed by atoms with Crippen LogP contribution in [0.1, 0.15) is 207 Å². The molecule has 0 aromatic heterocycles. The Morgan fingerprint density at radius 2 is 0.621 bits per heavy atom. The monoisotopic (exact) mass is 911 g/mol. The summed E-state index contributed by atoms with van der Waals surface area (Å²) in [4.78, 5) is 38.0. The number of rotatable bonds is 45. The number of esters is 3. The molecule has 0 N–H and O–H groups in total. The van der Waals surface area contributed by atoms with Crippen LogP contribution in [-0.2, 0) is 28.6 Å². The summed E-state index contributed by atoms with van der Waals surface area (Å²) in [5.74, 6) is -1.07. The van der Waals surface area contributed by atoms with Crippen molar-refractivity contribution in [2.45, 2.75) is 213 Å². The summed E-state index contributed by atoms with van der Waals surface area (Å²) in [6.45, 7) is 6.32. The summed E-state index contributed by atoms with van der Waals surface area (Å²) in [6, 6.07) is 0. The van der Waals surface area contributed by atoms with E-state index in [9.17, 15) is 14.4 Å². The number of allylic oxidation sites excluding steroid dienone is 22. The third kappa shape index (κ3) is 50.5. The Kier molecular flexibility index (Phi) is 49.6. The zero-order valence-electron chi connectivity index (χ0n) is 42.1. The van der Waals surface area contributed by atoms with Crippen LogP contribution in [0.3, 0.4) is 0 Å². The van der Waals surface area contributed by atoms with E-state index in [2.05, 4.69) is 154 Å². The predicted octanol–water partition coefficient (Wildman–Crippen LogP) is 17.5. The molecule has 6 nitrogen and oxygen atoms in total.